The third kappa shape index (κ3) is 5.54. The van der Waals surface area contributed by atoms with Gasteiger partial charge >= 0.3 is 0 Å². The van der Waals surface area contributed by atoms with E-state index in [1.807, 2.05) is 0 Å². The number of amides is 3. The van der Waals surface area contributed by atoms with E-state index < -0.39 is 52.9 Å². The van der Waals surface area contributed by atoms with Gasteiger partial charge in [0.05, 0.1) is 6.04 Å². The standard InChI is InChI=1S/C25H27F3N4O3/c1-13(2)20(30-23(33)14(3)29-4)25(35)32-11-10-15-12-16(26)8-9-17(15)22(32)24(34)31-21-18(27)6-5-7-19(21)28/h5-9,12,14,22,29H,10-11H2,1-4H3,(H,30,33)(H,31,34)/t14-,22-/m0/s1. The fourth-order valence-corrected chi connectivity index (χ4v) is 3.80. The largest absolute Gasteiger partial charge is 0.321 e. The predicted octanol–water partition coefficient (Wildman–Crippen LogP) is 3.19. The van der Waals surface area contributed by atoms with Crippen LogP contribution < -0.4 is 16.0 Å². The second-order valence-electron chi connectivity index (χ2n) is 8.45. The Morgan fingerprint density at radius 3 is 2.31 bits per heavy atom. The molecule has 3 amide bonds. The van der Waals surface area contributed by atoms with Crippen LogP contribution in [0.1, 0.15) is 37.9 Å². The number of para-hydroxylation sites is 1. The monoisotopic (exact) mass is 488 g/mol. The Kier molecular flexibility index (Phi) is 7.96. The highest BCUT2D eigenvalue weighted by molar-refractivity contribution is 6.04. The third-order valence-corrected chi connectivity index (χ3v) is 5.84. The summed E-state index contributed by atoms with van der Waals surface area (Å²) < 4.78 is 42.3. The van der Waals surface area contributed by atoms with Crippen molar-refractivity contribution >= 4 is 23.4 Å². The summed E-state index contributed by atoms with van der Waals surface area (Å²) >= 11 is 0. The third-order valence-electron chi connectivity index (χ3n) is 5.84. The molecule has 2 atom stereocenters. The molecule has 7 nitrogen and oxygen atoms in total. The highest BCUT2D eigenvalue weighted by Gasteiger charge is 2.38. The van der Waals surface area contributed by atoms with Gasteiger partial charge in [-0.1, -0.05) is 12.1 Å². The molecular weight excluding hydrogens is 461 g/mol. The van der Waals surface area contributed by atoms with Crippen LogP contribution in [0.4, 0.5) is 18.9 Å². The molecule has 0 aliphatic carbocycles. The van der Waals surface area contributed by atoms with Crippen molar-refractivity contribution in [2.45, 2.75) is 39.3 Å². The van der Waals surface area contributed by atoms with Crippen LogP contribution in [0.3, 0.4) is 0 Å². The van der Waals surface area contributed by atoms with Crippen LogP contribution in [0.25, 0.3) is 0 Å². The first-order valence-electron chi connectivity index (χ1n) is 11.0. The second kappa shape index (κ2) is 10.7. The summed E-state index contributed by atoms with van der Waals surface area (Å²) in [5.41, 5.74) is 0.643. The van der Waals surface area contributed by atoms with Crippen LogP contribution in [0.5, 0.6) is 0 Å². The first kappa shape index (κ1) is 26.0. The first-order chi connectivity index (χ1) is 16.5. The lowest BCUT2D eigenvalue weighted by atomic mass is 9.91. The molecule has 186 valence electrons. The average molecular weight is 489 g/mol. The maximum atomic E-state index is 14.2. The van der Waals surface area contributed by atoms with Gasteiger partial charge in [0.15, 0.2) is 0 Å². The molecule has 1 aliphatic heterocycles. The van der Waals surface area contributed by atoms with Gasteiger partial charge in [-0.25, -0.2) is 13.2 Å². The maximum absolute atomic E-state index is 14.2. The van der Waals surface area contributed by atoms with Gasteiger partial charge in [0.1, 0.15) is 34.9 Å². The predicted molar refractivity (Wildman–Crippen MR) is 125 cm³/mol. The Labute approximate surface area is 201 Å². The normalized spacial score (nSPS) is 15.6. The lowest BCUT2D eigenvalue weighted by molar-refractivity contribution is -0.137. The van der Waals surface area contributed by atoms with Gasteiger partial charge in [-0.3, -0.25) is 14.4 Å². The van der Waals surface area contributed by atoms with E-state index in [4.69, 9.17) is 0 Å². The van der Waals surface area contributed by atoms with Gasteiger partial charge < -0.3 is 20.9 Å². The number of likely N-dealkylation sites (N-methyl/N-ethyl adjacent to an activating group) is 1. The molecule has 0 saturated heterocycles. The van der Waals surface area contributed by atoms with Gasteiger partial charge in [0.25, 0.3) is 11.8 Å². The van der Waals surface area contributed by atoms with E-state index in [0.29, 0.717) is 16.7 Å². The average Bonchev–Trinajstić information content (AvgIpc) is 2.82. The molecule has 2 aromatic rings. The minimum absolute atomic E-state index is 0.0152. The lowest BCUT2D eigenvalue weighted by Crippen LogP contribution is -2.49. The molecule has 1 aliphatic rings. The number of nitrogens with zero attached hydrogens (tertiary/aromatic N) is 1. The van der Waals surface area contributed by atoms with Gasteiger partial charge in [0.2, 0.25) is 5.91 Å². The molecule has 0 fully saturated rings. The quantitative estimate of drug-likeness (QED) is 0.545. The summed E-state index contributed by atoms with van der Waals surface area (Å²) in [5.74, 6) is -4.45. The van der Waals surface area contributed by atoms with Gasteiger partial charge in [-0.2, -0.15) is 0 Å². The van der Waals surface area contributed by atoms with Crippen molar-refractivity contribution in [3.63, 3.8) is 0 Å². The van der Waals surface area contributed by atoms with Crippen LogP contribution in [-0.4, -0.2) is 42.3 Å². The number of benzene rings is 2. The van der Waals surface area contributed by atoms with Gasteiger partial charge in [-0.05, 0) is 75.2 Å². The smallest absolute Gasteiger partial charge is 0.271 e. The van der Waals surface area contributed by atoms with E-state index in [1.54, 1.807) is 27.8 Å². The lowest BCUT2D eigenvalue weighted by Gasteiger charge is -2.37. The summed E-state index contributed by atoms with van der Waals surface area (Å²) in [6, 6.07) is 5.01. The Hall–Kier alpha value is -3.66. The molecule has 1 heterocycles. The van der Waals surface area contributed by atoms with E-state index in [9.17, 15) is 27.6 Å². The number of fused-ring (bicyclic) bond motifs is 1. The molecule has 10 heteroatoms. The Bertz CT molecular complexity index is 1170. The molecule has 3 N–H and O–H groups in total. The molecule has 2 aromatic carbocycles. The summed E-state index contributed by atoms with van der Waals surface area (Å²) in [6.45, 7) is 4.90. The second-order valence-corrected chi connectivity index (χ2v) is 8.45. The van der Waals surface area contributed by atoms with E-state index in [0.717, 1.165) is 24.3 Å². The van der Waals surface area contributed by atoms with Crippen molar-refractivity contribution in [1.82, 2.24) is 15.5 Å². The van der Waals surface area contributed by atoms with Crippen LogP contribution >= 0.6 is 0 Å². The number of rotatable bonds is 6. The summed E-state index contributed by atoms with van der Waals surface area (Å²) in [4.78, 5) is 40.6. The zero-order valence-electron chi connectivity index (χ0n) is 19.8. The zero-order valence-corrected chi connectivity index (χ0v) is 19.8. The molecule has 35 heavy (non-hydrogen) atoms. The fraction of sp³-hybridized carbons (Fsp3) is 0.320. The van der Waals surface area contributed by atoms with Crippen LogP contribution in [0.15, 0.2) is 47.7 Å². The number of allylic oxidation sites excluding steroid dienone is 1. The molecule has 0 bridgehead atoms. The van der Waals surface area contributed by atoms with E-state index >= 15 is 0 Å². The van der Waals surface area contributed by atoms with Gasteiger partial charge in [0, 0.05) is 6.54 Å². The number of nitrogens with one attached hydrogen (secondary N) is 3. The number of carbonyl (C=O) groups is 3. The van der Waals surface area contributed by atoms with Crippen LogP contribution in [0.2, 0.25) is 0 Å². The van der Waals surface area contributed by atoms with Crippen molar-refractivity contribution < 1.29 is 27.6 Å². The Morgan fingerprint density at radius 2 is 1.71 bits per heavy atom. The number of halogens is 3. The first-order valence-corrected chi connectivity index (χ1v) is 11.0. The fourth-order valence-electron chi connectivity index (χ4n) is 3.80. The molecule has 0 aromatic heterocycles. The number of hydrogen-bond donors (Lipinski definition) is 3. The summed E-state index contributed by atoms with van der Waals surface area (Å²) in [7, 11) is 1.59. The highest BCUT2D eigenvalue weighted by atomic mass is 19.1. The molecule has 0 spiro atoms. The van der Waals surface area contributed by atoms with Crippen LogP contribution in [0, 0.1) is 17.5 Å². The van der Waals surface area contributed by atoms with E-state index in [1.165, 1.54) is 17.0 Å². The SMILES string of the molecule is CN[C@@H](C)C(=O)NC(C(=O)N1CCc2cc(F)ccc2[C@H]1C(=O)Nc1c(F)cccc1F)=C(C)C. The van der Waals surface area contributed by atoms with Gasteiger partial charge in [-0.15, -0.1) is 0 Å². The zero-order chi connectivity index (χ0) is 25.9. The Morgan fingerprint density at radius 1 is 1.06 bits per heavy atom. The molecule has 3 rings (SSSR count). The van der Waals surface area contributed by atoms with E-state index in [-0.39, 0.29) is 18.7 Å². The summed E-state index contributed by atoms with van der Waals surface area (Å²) in [6.07, 6.45) is 0.244. The topological polar surface area (TPSA) is 90.5 Å². The van der Waals surface area contributed by atoms with Crippen molar-refractivity contribution in [2.24, 2.45) is 0 Å². The number of anilines is 1. The molecule has 0 unspecified atom stereocenters. The molecule has 0 radical (unpaired) electrons. The molecule has 0 saturated carbocycles. The minimum Gasteiger partial charge on any atom is -0.321 e. The Balaban J connectivity index is 2.02. The van der Waals surface area contributed by atoms with Crippen molar-refractivity contribution in [1.29, 1.82) is 0 Å². The summed E-state index contributed by atoms with van der Waals surface area (Å²) in [5, 5.41) is 7.62. The van der Waals surface area contributed by atoms with Crippen molar-refractivity contribution in [3.8, 4) is 0 Å². The van der Waals surface area contributed by atoms with Crippen molar-refractivity contribution in [2.75, 3.05) is 18.9 Å². The number of hydrogen-bond acceptors (Lipinski definition) is 4. The van der Waals surface area contributed by atoms with Crippen LogP contribution in [-0.2, 0) is 20.8 Å². The highest BCUT2D eigenvalue weighted by Crippen LogP contribution is 2.33. The maximum Gasteiger partial charge on any atom is 0.271 e. The molecular formula is C25H27F3N4O3. The van der Waals surface area contributed by atoms with Crippen molar-refractivity contribution in [3.05, 3.63) is 76.2 Å². The minimum atomic E-state index is -1.32. The number of carbonyl (C=O) groups excluding carboxylic acids is 3. The van der Waals surface area contributed by atoms with E-state index in [2.05, 4.69) is 16.0 Å².